The van der Waals surface area contributed by atoms with Gasteiger partial charge in [-0.1, -0.05) is 30.7 Å². The average Bonchev–Trinajstić information content (AvgIpc) is 2.56. The Kier molecular flexibility index (Phi) is 6.27. The molecule has 0 aliphatic rings. The van der Waals surface area contributed by atoms with Crippen LogP contribution in [0.25, 0.3) is 0 Å². The molecule has 0 heterocycles. The van der Waals surface area contributed by atoms with Gasteiger partial charge in [-0.25, -0.2) is 0 Å². The molecule has 0 spiro atoms. The molecule has 0 aliphatic heterocycles. The highest BCUT2D eigenvalue weighted by atomic mass is 35.5. The Hall–Kier alpha value is -2.53. The van der Waals surface area contributed by atoms with E-state index < -0.39 is 0 Å². The SMILES string of the molecule is CCC(C)(C)NC(=O)c1ccc(NC(=O)Cc2ccc(N)cc2)cc1Cl. The molecule has 0 fully saturated rings. The van der Waals surface area contributed by atoms with Crippen LogP contribution >= 0.6 is 11.6 Å². The lowest BCUT2D eigenvalue weighted by molar-refractivity contribution is -0.115. The fourth-order valence-electron chi connectivity index (χ4n) is 2.27. The minimum Gasteiger partial charge on any atom is -0.399 e. The predicted molar refractivity (Wildman–Crippen MR) is 106 cm³/mol. The smallest absolute Gasteiger partial charge is 0.253 e. The van der Waals surface area contributed by atoms with Gasteiger partial charge in [-0.15, -0.1) is 0 Å². The molecule has 2 aromatic rings. The molecule has 5 nitrogen and oxygen atoms in total. The van der Waals surface area contributed by atoms with Crippen molar-refractivity contribution in [1.29, 1.82) is 0 Å². The maximum atomic E-state index is 12.3. The summed E-state index contributed by atoms with van der Waals surface area (Å²) in [6.45, 7) is 5.90. The Morgan fingerprint density at radius 2 is 1.77 bits per heavy atom. The van der Waals surface area contributed by atoms with Gasteiger partial charge in [0.05, 0.1) is 17.0 Å². The number of rotatable bonds is 6. The second kappa shape index (κ2) is 8.23. The topological polar surface area (TPSA) is 84.2 Å². The van der Waals surface area contributed by atoms with E-state index in [4.69, 9.17) is 17.3 Å². The molecule has 138 valence electrons. The summed E-state index contributed by atoms with van der Waals surface area (Å²) in [6.07, 6.45) is 1.03. The molecule has 0 saturated heterocycles. The zero-order valence-electron chi connectivity index (χ0n) is 15.2. The van der Waals surface area contributed by atoms with Crippen LogP contribution in [0.2, 0.25) is 5.02 Å². The zero-order chi connectivity index (χ0) is 19.3. The lowest BCUT2D eigenvalue weighted by Gasteiger charge is -2.24. The van der Waals surface area contributed by atoms with Crippen molar-refractivity contribution in [2.75, 3.05) is 11.1 Å². The minimum absolute atomic E-state index is 0.171. The maximum absolute atomic E-state index is 12.3. The molecule has 0 unspecified atom stereocenters. The average molecular weight is 374 g/mol. The summed E-state index contributed by atoms with van der Waals surface area (Å²) in [5.41, 5.74) is 7.76. The van der Waals surface area contributed by atoms with Crippen LogP contribution in [0, 0.1) is 0 Å². The number of amides is 2. The van der Waals surface area contributed by atoms with Crippen LogP contribution in [0.15, 0.2) is 42.5 Å². The molecule has 2 aromatic carbocycles. The fraction of sp³-hybridized carbons (Fsp3) is 0.300. The fourth-order valence-corrected chi connectivity index (χ4v) is 2.53. The first-order valence-electron chi connectivity index (χ1n) is 8.46. The first-order chi connectivity index (χ1) is 12.2. The van der Waals surface area contributed by atoms with Gasteiger partial charge in [0, 0.05) is 16.9 Å². The summed E-state index contributed by atoms with van der Waals surface area (Å²) in [5.74, 6) is -0.406. The Balaban J connectivity index is 2.03. The molecule has 6 heteroatoms. The van der Waals surface area contributed by atoms with Crippen LogP contribution in [0.4, 0.5) is 11.4 Å². The van der Waals surface area contributed by atoms with Crippen LogP contribution in [0.5, 0.6) is 0 Å². The molecule has 0 aliphatic carbocycles. The second-order valence-electron chi connectivity index (χ2n) is 6.85. The van der Waals surface area contributed by atoms with Crippen molar-refractivity contribution in [2.24, 2.45) is 0 Å². The number of nitrogens with two attached hydrogens (primary N) is 1. The third-order valence-electron chi connectivity index (χ3n) is 4.18. The van der Waals surface area contributed by atoms with E-state index in [2.05, 4.69) is 10.6 Å². The molecule has 4 N–H and O–H groups in total. The van der Waals surface area contributed by atoms with Crippen molar-refractivity contribution in [3.8, 4) is 0 Å². The lowest BCUT2D eigenvalue weighted by atomic mass is 10.0. The van der Waals surface area contributed by atoms with Gasteiger partial charge in [0.25, 0.3) is 5.91 Å². The van der Waals surface area contributed by atoms with Crippen molar-refractivity contribution in [3.63, 3.8) is 0 Å². The normalized spacial score (nSPS) is 11.1. The Morgan fingerprint density at radius 3 is 2.35 bits per heavy atom. The first kappa shape index (κ1) is 19.8. The Morgan fingerprint density at radius 1 is 1.12 bits per heavy atom. The molecule has 2 amide bonds. The van der Waals surface area contributed by atoms with E-state index in [-0.39, 0.29) is 23.8 Å². The van der Waals surface area contributed by atoms with Crippen molar-refractivity contribution >= 4 is 34.8 Å². The van der Waals surface area contributed by atoms with Crippen LogP contribution < -0.4 is 16.4 Å². The van der Waals surface area contributed by atoms with E-state index in [1.165, 1.54) is 0 Å². The molecule has 2 rings (SSSR count). The van der Waals surface area contributed by atoms with Crippen molar-refractivity contribution < 1.29 is 9.59 Å². The molecule has 0 bridgehead atoms. The maximum Gasteiger partial charge on any atom is 0.253 e. The van der Waals surface area contributed by atoms with Crippen LogP contribution in [0.1, 0.15) is 43.1 Å². The number of anilines is 2. The summed E-state index contributed by atoms with van der Waals surface area (Å²) in [5, 5.41) is 6.02. The van der Waals surface area contributed by atoms with Gasteiger partial charge >= 0.3 is 0 Å². The van der Waals surface area contributed by atoms with Gasteiger partial charge in [-0.05, 0) is 56.2 Å². The largest absolute Gasteiger partial charge is 0.399 e. The predicted octanol–water partition coefficient (Wildman–Crippen LogP) is 4.02. The van der Waals surface area contributed by atoms with E-state index in [0.717, 1.165) is 12.0 Å². The second-order valence-corrected chi connectivity index (χ2v) is 7.26. The Bertz CT molecular complexity index is 801. The van der Waals surface area contributed by atoms with E-state index in [9.17, 15) is 9.59 Å². The number of hydrogen-bond acceptors (Lipinski definition) is 3. The van der Waals surface area contributed by atoms with Crippen LogP contribution in [0.3, 0.4) is 0 Å². The van der Waals surface area contributed by atoms with Gasteiger partial charge in [0.2, 0.25) is 5.91 Å². The van der Waals surface area contributed by atoms with Crippen LogP contribution in [-0.2, 0) is 11.2 Å². The van der Waals surface area contributed by atoms with Gasteiger partial charge in [0.1, 0.15) is 0 Å². The molecule has 0 aromatic heterocycles. The van der Waals surface area contributed by atoms with Crippen molar-refractivity contribution in [2.45, 2.75) is 39.2 Å². The molecule has 26 heavy (non-hydrogen) atoms. The third-order valence-corrected chi connectivity index (χ3v) is 4.49. The highest BCUT2D eigenvalue weighted by molar-refractivity contribution is 6.34. The Labute approximate surface area is 158 Å². The van der Waals surface area contributed by atoms with Gasteiger partial charge in [0.15, 0.2) is 0 Å². The van der Waals surface area contributed by atoms with E-state index in [1.807, 2.05) is 32.9 Å². The minimum atomic E-state index is -0.313. The molecule has 0 saturated carbocycles. The standard InChI is InChI=1S/C20H24ClN3O2/c1-4-20(2,3)24-19(26)16-10-9-15(12-17(16)21)23-18(25)11-13-5-7-14(22)8-6-13/h5-10,12H,4,11,22H2,1-3H3,(H,23,25)(H,24,26). The van der Waals surface area contributed by atoms with Gasteiger partial charge < -0.3 is 16.4 Å². The van der Waals surface area contributed by atoms with E-state index >= 15 is 0 Å². The highest BCUT2D eigenvalue weighted by Gasteiger charge is 2.20. The molecular formula is C20H24ClN3O2. The number of nitrogen functional groups attached to an aromatic ring is 1. The summed E-state index contributed by atoms with van der Waals surface area (Å²) in [7, 11) is 0. The van der Waals surface area contributed by atoms with Crippen molar-refractivity contribution in [3.05, 3.63) is 58.6 Å². The van der Waals surface area contributed by atoms with Crippen LogP contribution in [-0.4, -0.2) is 17.4 Å². The monoisotopic (exact) mass is 373 g/mol. The number of carbonyl (C=O) groups is 2. The van der Waals surface area contributed by atoms with Gasteiger partial charge in [-0.2, -0.15) is 0 Å². The number of hydrogen-bond donors (Lipinski definition) is 3. The van der Waals surface area contributed by atoms with E-state index in [0.29, 0.717) is 22.0 Å². The molecule has 0 radical (unpaired) electrons. The summed E-state index contributed by atoms with van der Waals surface area (Å²) in [6, 6.07) is 12.0. The first-order valence-corrected chi connectivity index (χ1v) is 8.84. The molecular weight excluding hydrogens is 350 g/mol. The third kappa shape index (κ3) is 5.49. The summed E-state index contributed by atoms with van der Waals surface area (Å²) < 4.78 is 0. The zero-order valence-corrected chi connectivity index (χ0v) is 16.0. The number of benzene rings is 2. The number of carbonyl (C=O) groups excluding carboxylic acids is 2. The molecule has 0 atom stereocenters. The lowest BCUT2D eigenvalue weighted by Crippen LogP contribution is -2.42. The highest BCUT2D eigenvalue weighted by Crippen LogP contribution is 2.22. The number of halogens is 1. The quantitative estimate of drug-likeness (QED) is 0.668. The summed E-state index contributed by atoms with van der Waals surface area (Å²) in [4.78, 5) is 24.5. The van der Waals surface area contributed by atoms with E-state index in [1.54, 1.807) is 30.3 Å². The van der Waals surface area contributed by atoms with Crippen molar-refractivity contribution in [1.82, 2.24) is 5.32 Å². The van der Waals surface area contributed by atoms with Gasteiger partial charge in [-0.3, -0.25) is 9.59 Å². The number of nitrogens with one attached hydrogen (secondary N) is 2. The summed E-state index contributed by atoms with van der Waals surface area (Å²) >= 11 is 6.23.